The largest absolute Gasteiger partial charge is 0.444 e. The maximum Gasteiger partial charge on any atom is 0.410 e. The highest BCUT2D eigenvalue weighted by molar-refractivity contribution is 5.79. The van der Waals surface area contributed by atoms with E-state index in [4.69, 9.17) is 4.74 Å². The van der Waals surface area contributed by atoms with Crippen molar-refractivity contribution >= 4 is 12.0 Å². The number of rotatable bonds is 4. The zero-order valence-corrected chi connectivity index (χ0v) is 16.1. The maximum absolute atomic E-state index is 12.4. The number of carbonyl (C=O) groups is 2. The van der Waals surface area contributed by atoms with Gasteiger partial charge in [0.1, 0.15) is 5.60 Å². The van der Waals surface area contributed by atoms with E-state index in [2.05, 4.69) is 5.32 Å². The molecule has 0 saturated carbocycles. The number of hydrogen-bond donors (Lipinski definition) is 2. The lowest BCUT2D eigenvalue weighted by Crippen LogP contribution is -2.44. The Morgan fingerprint density at radius 3 is 2.31 bits per heavy atom. The number of nitrogens with zero attached hydrogens (tertiary/aromatic N) is 1. The average molecular weight is 362 g/mol. The number of hydrogen-bond acceptors (Lipinski definition) is 4. The molecule has 0 radical (unpaired) electrons. The summed E-state index contributed by atoms with van der Waals surface area (Å²) in [6.45, 7) is 8.80. The third-order valence-corrected chi connectivity index (χ3v) is 4.45. The normalized spacial score (nSPS) is 16.9. The Morgan fingerprint density at radius 2 is 1.81 bits per heavy atom. The minimum Gasteiger partial charge on any atom is -0.444 e. The molecular weight excluding hydrogens is 332 g/mol. The van der Waals surface area contributed by atoms with Crippen molar-refractivity contribution < 1.29 is 19.4 Å². The Kier molecular flexibility index (Phi) is 6.64. The summed E-state index contributed by atoms with van der Waals surface area (Å²) < 4.78 is 5.37. The SMILES string of the molecule is C[C@@H](O)c1ccc(CNC(=O)C2CCN(C(=O)OC(C)(C)C)CC2)cc1. The lowest BCUT2D eigenvalue weighted by molar-refractivity contribution is -0.126. The van der Waals surface area contributed by atoms with Crippen molar-refractivity contribution in [2.45, 2.75) is 58.8 Å². The molecule has 1 aliphatic heterocycles. The Morgan fingerprint density at radius 1 is 1.23 bits per heavy atom. The van der Waals surface area contributed by atoms with Gasteiger partial charge in [-0.05, 0) is 51.7 Å². The summed E-state index contributed by atoms with van der Waals surface area (Å²) in [4.78, 5) is 26.1. The molecular formula is C20H30N2O4. The molecule has 6 heteroatoms. The van der Waals surface area contributed by atoms with Crippen molar-refractivity contribution in [1.29, 1.82) is 0 Å². The highest BCUT2D eigenvalue weighted by Gasteiger charge is 2.29. The first-order valence-corrected chi connectivity index (χ1v) is 9.18. The zero-order valence-electron chi connectivity index (χ0n) is 16.1. The van der Waals surface area contributed by atoms with Gasteiger partial charge in [-0.3, -0.25) is 4.79 Å². The van der Waals surface area contributed by atoms with Crippen molar-refractivity contribution in [2.75, 3.05) is 13.1 Å². The summed E-state index contributed by atoms with van der Waals surface area (Å²) in [6.07, 6.45) is 0.487. The van der Waals surface area contributed by atoms with E-state index in [1.807, 2.05) is 45.0 Å². The van der Waals surface area contributed by atoms with Gasteiger partial charge in [-0.25, -0.2) is 4.79 Å². The lowest BCUT2D eigenvalue weighted by atomic mass is 9.96. The molecule has 1 atom stereocenters. The number of nitrogens with one attached hydrogen (secondary N) is 1. The van der Waals surface area contributed by atoms with Gasteiger partial charge in [0.15, 0.2) is 0 Å². The standard InChI is InChI=1S/C20H30N2O4/c1-14(23)16-7-5-15(6-8-16)13-21-18(24)17-9-11-22(12-10-17)19(25)26-20(2,3)4/h5-8,14,17,23H,9-13H2,1-4H3,(H,21,24)/t14-/m1/s1. The zero-order chi connectivity index (χ0) is 19.3. The molecule has 0 aliphatic carbocycles. The van der Waals surface area contributed by atoms with Gasteiger partial charge in [-0.1, -0.05) is 24.3 Å². The first-order valence-electron chi connectivity index (χ1n) is 9.18. The van der Waals surface area contributed by atoms with Crippen LogP contribution in [0.15, 0.2) is 24.3 Å². The molecule has 1 aromatic rings. The monoisotopic (exact) mass is 362 g/mol. The summed E-state index contributed by atoms with van der Waals surface area (Å²) >= 11 is 0. The average Bonchev–Trinajstić information content (AvgIpc) is 2.58. The van der Waals surface area contributed by atoms with Crippen LogP contribution in [0.5, 0.6) is 0 Å². The van der Waals surface area contributed by atoms with Gasteiger partial charge < -0.3 is 20.1 Å². The Hall–Kier alpha value is -2.08. The summed E-state index contributed by atoms with van der Waals surface area (Å²) in [5, 5.41) is 12.5. The molecule has 0 unspecified atom stereocenters. The van der Waals surface area contributed by atoms with E-state index >= 15 is 0 Å². The number of carbonyl (C=O) groups excluding carboxylic acids is 2. The molecule has 1 aliphatic rings. The Bertz CT molecular complexity index is 612. The topological polar surface area (TPSA) is 78.9 Å². The van der Waals surface area contributed by atoms with Gasteiger partial charge in [-0.2, -0.15) is 0 Å². The molecule has 1 heterocycles. The van der Waals surface area contributed by atoms with Crippen molar-refractivity contribution in [3.63, 3.8) is 0 Å². The number of benzene rings is 1. The minimum absolute atomic E-state index is 0.0217. The fraction of sp³-hybridized carbons (Fsp3) is 0.600. The smallest absolute Gasteiger partial charge is 0.410 e. The molecule has 1 aromatic carbocycles. The van der Waals surface area contributed by atoms with Crippen molar-refractivity contribution in [1.82, 2.24) is 10.2 Å². The van der Waals surface area contributed by atoms with E-state index in [-0.39, 0.29) is 17.9 Å². The summed E-state index contributed by atoms with van der Waals surface area (Å²) in [7, 11) is 0. The second-order valence-electron chi connectivity index (χ2n) is 7.88. The fourth-order valence-electron chi connectivity index (χ4n) is 2.90. The molecule has 2 rings (SSSR count). The number of amides is 2. The molecule has 2 amide bonds. The molecule has 1 fully saturated rings. The number of aliphatic hydroxyl groups is 1. The van der Waals surface area contributed by atoms with Crippen LogP contribution in [0.25, 0.3) is 0 Å². The third-order valence-electron chi connectivity index (χ3n) is 4.45. The van der Waals surface area contributed by atoms with Crippen LogP contribution in [-0.4, -0.2) is 40.7 Å². The van der Waals surface area contributed by atoms with Crippen LogP contribution in [0, 0.1) is 5.92 Å². The predicted molar refractivity (Wildman–Crippen MR) is 99.5 cm³/mol. The molecule has 0 bridgehead atoms. The maximum atomic E-state index is 12.4. The van der Waals surface area contributed by atoms with Gasteiger partial charge >= 0.3 is 6.09 Å². The highest BCUT2D eigenvalue weighted by Crippen LogP contribution is 2.20. The number of likely N-dealkylation sites (tertiary alicyclic amines) is 1. The third kappa shape index (κ3) is 6.02. The molecule has 0 aromatic heterocycles. The highest BCUT2D eigenvalue weighted by atomic mass is 16.6. The molecule has 2 N–H and O–H groups in total. The van der Waals surface area contributed by atoms with E-state index in [1.54, 1.807) is 11.8 Å². The van der Waals surface area contributed by atoms with E-state index in [9.17, 15) is 14.7 Å². The van der Waals surface area contributed by atoms with Crippen LogP contribution >= 0.6 is 0 Å². The first kappa shape index (κ1) is 20.2. The minimum atomic E-state index is -0.505. The van der Waals surface area contributed by atoms with Crippen LogP contribution in [-0.2, 0) is 16.1 Å². The number of aliphatic hydroxyl groups excluding tert-OH is 1. The van der Waals surface area contributed by atoms with Crippen LogP contribution in [0.3, 0.4) is 0 Å². The summed E-state index contributed by atoms with van der Waals surface area (Å²) in [5.74, 6) is -0.0566. The van der Waals surface area contributed by atoms with Gasteiger partial charge in [0.05, 0.1) is 6.10 Å². The fourth-order valence-corrected chi connectivity index (χ4v) is 2.90. The number of piperidine rings is 1. The quantitative estimate of drug-likeness (QED) is 0.863. The van der Waals surface area contributed by atoms with E-state index < -0.39 is 11.7 Å². The van der Waals surface area contributed by atoms with Crippen molar-refractivity contribution in [3.05, 3.63) is 35.4 Å². The van der Waals surface area contributed by atoms with Crippen LogP contribution in [0.4, 0.5) is 4.79 Å². The predicted octanol–water partition coefficient (Wildman–Crippen LogP) is 3.00. The molecule has 0 spiro atoms. The van der Waals surface area contributed by atoms with E-state index in [0.717, 1.165) is 11.1 Å². The second-order valence-corrected chi connectivity index (χ2v) is 7.88. The van der Waals surface area contributed by atoms with E-state index in [1.165, 1.54) is 0 Å². The first-order chi connectivity index (χ1) is 12.2. The van der Waals surface area contributed by atoms with Crippen molar-refractivity contribution in [2.24, 2.45) is 5.92 Å². The molecule has 6 nitrogen and oxygen atoms in total. The lowest BCUT2D eigenvalue weighted by Gasteiger charge is -2.32. The van der Waals surface area contributed by atoms with Crippen molar-refractivity contribution in [3.8, 4) is 0 Å². The van der Waals surface area contributed by atoms with Gasteiger partial charge in [0, 0.05) is 25.6 Å². The van der Waals surface area contributed by atoms with E-state index in [0.29, 0.717) is 32.5 Å². The summed E-state index contributed by atoms with van der Waals surface area (Å²) in [6, 6.07) is 7.55. The Labute approximate surface area is 155 Å². The van der Waals surface area contributed by atoms with Gasteiger partial charge in [0.25, 0.3) is 0 Å². The van der Waals surface area contributed by atoms with Crippen LogP contribution in [0.2, 0.25) is 0 Å². The molecule has 1 saturated heterocycles. The van der Waals surface area contributed by atoms with Gasteiger partial charge in [-0.15, -0.1) is 0 Å². The molecule has 144 valence electrons. The Balaban J connectivity index is 1.77. The van der Waals surface area contributed by atoms with Crippen LogP contribution in [0.1, 0.15) is 57.8 Å². The summed E-state index contributed by atoms with van der Waals surface area (Å²) in [5.41, 5.74) is 1.35. The van der Waals surface area contributed by atoms with Crippen LogP contribution < -0.4 is 5.32 Å². The van der Waals surface area contributed by atoms with Gasteiger partial charge in [0.2, 0.25) is 5.91 Å². The second kappa shape index (κ2) is 8.54. The molecule has 26 heavy (non-hydrogen) atoms. The number of ether oxygens (including phenoxy) is 1.